The van der Waals surface area contributed by atoms with E-state index in [2.05, 4.69) is 31.0 Å². The number of hydrogen-bond acceptors (Lipinski definition) is 3. The minimum Gasteiger partial charge on any atom is -0.343 e. The van der Waals surface area contributed by atoms with Crippen LogP contribution in [0.2, 0.25) is 0 Å². The number of nitrogens with one attached hydrogen (secondary N) is 1. The van der Waals surface area contributed by atoms with Crippen LogP contribution < -0.4 is 5.32 Å². The zero-order chi connectivity index (χ0) is 17.4. The Morgan fingerprint density at radius 1 is 1.29 bits per heavy atom. The van der Waals surface area contributed by atoms with Crippen LogP contribution in [0.5, 0.6) is 0 Å². The Morgan fingerprint density at radius 2 is 1.96 bits per heavy atom. The van der Waals surface area contributed by atoms with Crippen molar-refractivity contribution in [2.24, 2.45) is 17.8 Å². The molecule has 3 fully saturated rings. The van der Waals surface area contributed by atoms with E-state index < -0.39 is 0 Å². The van der Waals surface area contributed by atoms with Crippen molar-refractivity contribution in [1.29, 1.82) is 0 Å². The van der Waals surface area contributed by atoms with Gasteiger partial charge in [-0.05, 0) is 57.4 Å². The first kappa shape index (κ1) is 17.7. The zero-order valence-electron chi connectivity index (χ0n) is 15.6. The average Bonchev–Trinajstić information content (AvgIpc) is 2.98. The molecule has 2 amide bonds. The highest BCUT2D eigenvalue weighted by atomic mass is 16.2. The van der Waals surface area contributed by atoms with Gasteiger partial charge in [-0.1, -0.05) is 6.92 Å². The van der Waals surface area contributed by atoms with E-state index in [1.807, 2.05) is 4.90 Å². The summed E-state index contributed by atoms with van der Waals surface area (Å²) in [5, 5.41) is 3.76. The van der Waals surface area contributed by atoms with E-state index in [1.165, 1.54) is 0 Å². The Balaban J connectivity index is 1.53. The van der Waals surface area contributed by atoms with Gasteiger partial charge in [-0.25, -0.2) is 0 Å². The van der Waals surface area contributed by atoms with Crippen LogP contribution in [0.4, 0.5) is 0 Å². The van der Waals surface area contributed by atoms with Gasteiger partial charge in [0.2, 0.25) is 11.8 Å². The number of rotatable bonds is 4. The fourth-order valence-electron chi connectivity index (χ4n) is 5.26. The van der Waals surface area contributed by atoms with Gasteiger partial charge in [0.25, 0.3) is 0 Å². The first-order valence-electron chi connectivity index (χ1n) is 9.68. The molecule has 0 aromatic carbocycles. The normalized spacial score (nSPS) is 34.3. The number of nitrogens with zero attached hydrogens (tertiary/aromatic N) is 2. The monoisotopic (exact) mass is 335 g/mol. The van der Waals surface area contributed by atoms with Gasteiger partial charge in [0, 0.05) is 44.6 Å². The molecule has 0 unspecified atom stereocenters. The number of fused-ring (bicyclic) bond motifs is 1. The molecule has 2 saturated heterocycles. The second kappa shape index (κ2) is 7.03. The SMILES string of the molecule is CC(=O)N1CCC(NC[C@H]2[C@@H]3CC(=O)N(C(C)C)[C@@H]3C[C@@H]2C)CC1. The molecule has 5 nitrogen and oxygen atoms in total. The first-order chi connectivity index (χ1) is 11.4. The van der Waals surface area contributed by atoms with Crippen molar-refractivity contribution < 1.29 is 9.59 Å². The van der Waals surface area contributed by atoms with Gasteiger partial charge in [0.1, 0.15) is 0 Å². The maximum Gasteiger partial charge on any atom is 0.223 e. The number of carbonyl (C=O) groups is 2. The number of amides is 2. The molecule has 2 heterocycles. The predicted molar refractivity (Wildman–Crippen MR) is 94.4 cm³/mol. The van der Waals surface area contributed by atoms with Crippen molar-refractivity contribution in [2.75, 3.05) is 19.6 Å². The van der Waals surface area contributed by atoms with Gasteiger partial charge >= 0.3 is 0 Å². The average molecular weight is 335 g/mol. The van der Waals surface area contributed by atoms with E-state index in [0.29, 0.717) is 41.8 Å². The summed E-state index contributed by atoms with van der Waals surface area (Å²) in [6.45, 7) is 11.1. The van der Waals surface area contributed by atoms with Crippen LogP contribution in [0, 0.1) is 17.8 Å². The van der Waals surface area contributed by atoms with Crippen LogP contribution in [0.15, 0.2) is 0 Å². The maximum absolute atomic E-state index is 12.4. The largest absolute Gasteiger partial charge is 0.343 e. The molecule has 1 N–H and O–H groups in total. The lowest BCUT2D eigenvalue weighted by Crippen LogP contribution is -2.46. The zero-order valence-corrected chi connectivity index (χ0v) is 15.6. The Bertz CT molecular complexity index is 485. The predicted octanol–water partition coefficient (Wildman–Crippen LogP) is 1.87. The number of carbonyl (C=O) groups excluding carboxylic acids is 2. The topological polar surface area (TPSA) is 52.7 Å². The van der Waals surface area contributed by atoms with Crippen molar-refractivity contribution in [2.45, 2.75) is 71.5 Å². The van der Waals surface area contributed by atoms with Gasteiger partial charge in [-0.2, -0.15) is 0 Å². The molecule has 0 spiro atoms. The summed E-state index contributed by atoms with van der Waals surface area (Å²) in [6.07, 6.45) is 3.99. The molecule has 0 aromatic rings. The molecule has 5 heteroatoms. The smallest absolute Gasteiger partial charge is 0.223 e. The lowest BCUT2D eigenvalue weighted by Gasteiger charge is -2.33. The minimum absolute atomic E-state index is 0.193. The summed E-state index contributed by atoms with van der Waals surface area (Å²) in [4.78, 5) is 27.9. The van der Waals surface area contributed by atoms with E-state index in [1.54, 1.807) is 6.92 Å². The molecule has 4 atom stereocenters. The molecule has 0 aromatic heterocycles. The third kappa shape index (κ3) is 3.32. The second-order valence-electron chi connectivity index (χ2n) is 8.40. The van der Waals surface area contributed by atoms with Gasteiger partial charge in [-0.3, -0.25) is 9.59 Å². The number of hydrogen-bond donors (Lipinski definition) is 1. The third-order valence-electron chi connectivity index (χ3n) is 6.58. The summed E-state index contributed by atoms with van der Waals surface area (Å²) < 4.78 is 0. The van der Waals surface area contributed by atoms with Crippen molar-refractivity contribution in [3.63, 3.8) is 0 Å². The van der Waals surface area contributed by atoms with Gasteiger partial charge in [0.05, 0.1) is 0 Å². The van der Waals surface area contributed by atoms with Crippen LogP contribution in [0.1, 0.15) is 53.4 Å². The number of piperidine rings is 1. The first-order valence-corrected chi connectivity index (χ1v) is 9.68. The molecule has 3 aliphatic rings. The van der Waals surface area contributed by atoms with E-state index >= 15 is 0 Å². The summed E-state index contributed by atoms with van der Waals surface area (Å²) in [5.41, 5.74) is 0. The molecule has 2 aliphatic heterocycles. The standard InChI is InChI=1S/C19H33N3O2/c1-12(2)22-18-9-13(3)17(16(18)10-19(22)24)11-20-15-5-7-21(8-6-15)14(4)23/h12-13,15-18,20H,5-11H2,1-4H3/t13-,16-,17+,18+/m0/s1. The quantitative estimate of drug-likeness (QED) is 0.853. The summed E-state index contributed by atoms with van der Waals surface area (Å²) in [6, 6.07) is 1.30. The highest BCUT2D eigenvalue weighted by Gasteiger charge is 2.51. The maximum atomic E-state index is 12.4. The fraction of sp³-hybridized carbons (Fsp3) is 0.895. The van der Waals surface area contributed by atoms with E-state index in [9.17, 15) is 9.59 Å². The highest BCUT2D eigenvalue weighted by Crippen LogP contribution is 2.46. The summed E-state index contributed by atoms with van der Waals surface area (Å²) >= 11 is 0. The summed E-state index contributed by atoms with van der Waals surface area (Å²) in [5.74, 6) is 2.36. The number of likely N-dealkylation sites (tertiary alicyclic amines) is 2. The van der Waals surface area contributed by atoms with Gasteiger partial charge < -0.3 is 15.1 Å². The van der Waals surface area contributed by atoms with Crippen molar-refractivity contribution in [3.05, 3.63) is 0 Å². The van der Waals surface area contributed by atoms with E-state index in [0.717, 1.165) is 45.3 Å². The van der Waals surface area contributed by atoms with Crippen LogP contribution in [-0.4, -0.2) is 59.4 Å². The van der Waals surface area contributed by atoms with Crippen LogP contribution in [0.3, 0.4) is 0 Å². The molecule has 1 saturated carbocycles. The molecule has 3 rings (SSSR count). The lowest BCUT2D eigenvalue weighted by atomic mass is 9.88. The Morgan fingerprint density at radius 3 is 2.54 bits per heavy atom. The van der Waals surface area contributed by atoms with Gasteiger partial charge in [0.15, 0.2) is 0 Å². The van der Waals surface area contributed by atoms with Crippen molar-refractivity contribution >= 4 is 11.8 Å². The molecule has 0 bridgehead atoms. The van der Waals surface area contributed by atoms with Crippen molar-refractivity contribution in [3.8, 4) is 0 Å². The van der Waals surface area contributed by atoms with Crippen LogP contribution >= 0.6 is 0 Å². The highest BCUT2D eigenvalue weighted by molar-refractivity contribution is 5.80. The molecule has 1 aliphatic carbocycles. The van der Waals surface area contributed by atoms with Crippen LogP contribution in [0.25, 0.3) is 0 Å². The van der Waals surface area contributed by atoms with E-state index in [-0.39, 0.29) is 5.91 Å². The molecule has 24 heavy (non-hydrogen) atoms. The molecular formula is C19H33N3O2. The lowest BCUT2D eigenvalue weighted by molar-refractivity contribution is -0.131. The van der Waals surface area contributed by atoms with Crippen LogP contribution in [-0.2, 0) is 9.59 Å². The molecule has 0 radical (unpaired) electrons. The van der Waals surface area contributed by atoms with E-state index in [4.69, 9.17) is 0 Å². The minimum atomic E-state index is 0.193. The van der Waals surface area contributed by atoms with Crippen molar-refractivity contribution in [1.82, 2.24) is 15.1 Å². The fourth-order valence-corrected chi connectivity index (χ4v) is 5.26. The summed E-state index contributed by atoms with van der Waals surface area (Å²) in [7, 11) is 0. The Labute approximate surface area is 146 Å². The molecular weight excluding hydrogens is 302 g/mol. The molecule has 136 valence electrons. The third-order valence-corrected chi connectivity index (χ3v) is 6.58. The second-order valence-corrected chi connectivity index (χ2v) is 8.40. The Hall–Kier alpha value is -1.10. The Kier molecular flexibility index (Phi) is 5.19. The van der Waals surface area contributed by atoms with Gasteiger partial charge in [-0.15, -0.1) is 0 Å².